The number of anilines is 1. The van der Waals surface area contributed by atoms with Crippen LogP contribution < -0.4 is 4.90 Å². The lowest BCUT2D eigenvalue weighted by molar-refractivity contribution is 0.0240. The fraction of sp³-hybridized carbons (Fsp3) is 0.538. The van der Waals surface area contributed by atoms with Crippen LogP contribution in [0.3, 0.4) is 0 Å². The Hall–Kier alpha value is -3.24. The first kappa shape index (κ1) is 24.5. The Morgan fingerprint density at radius 3 is 2.50 bits per heavy atom. The van der Waals surface area contributed by atoms with E-state index < -0.39 is 5.60 Å². The van der Waals surface area contributed by atoms with Gasteiger partial charge in [-0.2, -0.15) is 0 Å². The number of ether oxygens (including phenoxy) is 2. The minimum absolute atomic E-state index is 0.124. The maximum absolute atomic E-state index is 12.3. The third-order valence-corrected chi connectivity index (χ3v) is 6.64. The van der Waals surface area contributed by atoms with Crippen LogP contribution in [-0.4, -0.2) is 80.4 Å². The third-order valence-electron chi connectivity index (χ3n) is 6.64. The lowest BCUT2D eigenvalue weighted by atomic mass is 9.96. The highest BCUT2D eigenvalue weighted by Gasteiger charge is 2.27. The van der Waals surface area contributed by atoms with Crippen molar-refractivity contribution in [2.45, 2.75) is 51.7 Å². The molecule has 0 spiro atoms. The first-order valence-corrected chi connectivity index (χ1v) is 12.6. The minimum atomic E-state index is -0.498. The number of hydrogen-bond acceptors (Lipinski definition) is 8. The van der Waals surface area contributed by atoms with E-state index in [4.69, 9.17) is 19.4 Å². The fourth-order valence-electron chi connectivity index (χ4n) is 4.76. The maximum Gasteiger partial charge on any atom is 0.410 e. The Kier molecular flexibility index (Phi) is 6.81. The quantitative estimate of drug-likeness (QED) is 0.589. The van der Waals surface area contributed by atoms with Crippen LogP contribution in [0.5, 0.6) is 0 Å². The van der Waals surface area contributed by atoms with Gasteiger partial charge in [-0.15, -0.1) is 0 Å². The van der Waals surface area contributed by atoms with E-state index >= 15 is 0 Å². The van der Waals surface area contributed by atoms with Crippen LogP contribution in [0.25, 0.3) is 16.9 Å². The average molecular weight is 495 g/mol. The van der Waals surface area contributed by atoms with Crippen LogP contribution >= 0.6 is 0 Å². The van der Waals surface area contributed by atoms with Crippen LogP contribution in [0, 0.1) is 0 Å². The summed E-state index contributed by atoms with van der Waals surface area (Å²) in [5.41, 5.74) is 3.65. The van der Waals surface area contributed by atoms with Crippen molar-refractivity contribution in [3.8, 4) is 11.3 Å². The van der Waals surface area contributed by atoms with E-state index in [1.807, 2.05) is 55.9 Å². The molecule has 10 nitrogen and oxygen atoms in total. The van der Waals surface area contributed by atoms with E-state index in [9.17, 15) is 9.90 Å². The summed E-state index contributed by atoms with van der Waals surface area (Å²) in [6.45, 7) is 9.54. The second kappa shape index (κ2) is 10.0. The van der Waals surface area contributed by atoms with Crippen molar-refractivity contribution in [3.63, 3.8) is 0 Å². The summed E-state index contributed by atoms with van der Waals surface area (Å²) < 4.78 is 13.0. The molecule has 2 aliphatic rings. The number of carbonyl (C=O) groups is 1. The predicted octanol–water partition coefficient (Wildman–Crippen LogP) is 3.23. The summed E-state index contributed by atoms with van der Waals surface area (Å²) in [6, 6.07) is 4.03. The molecule has 10 heteroatoms. The van der Waals surface area contributed by atoms with Crippen LogP contribution in [0.4, 0.5) is 10.6 Å². The zero-order chi connectivity index (χ0) is 25.3. The molecule has 2 saturated heterocycles. The SMILES string of the molecule is CC(C)(C)OC(=O)N1CCN(c2ccc(-c3cnc(C4CCOCC4)c4nc(CO)cn34)cn2)CC1. The lowest BCUT2D eigenvalue weighted by Gasteiger charge is -2.36. The number of rotatable bonds is 4. The van der Waals surface area contributed by atoms with Crippen LogP contribution in [0.2, 0.25) is 0 Å². The average Bonchev–Trinajstić information content (AvgIpc) is 3.33. The van der Waals surface area contributed by atoms with Gasteiger partial charge < -0.3 is 24.4 Å². The molecule has 5 rings (SSSR count). The van der Waals surface area contributed by atoms with E-state index in [0.29, 0.717) is 37.8 Å². The van der Waals surface area contributed by atoms with E-state index in [0.717, 1.165) is 54.5 Å². The number of amides is 1. The van der Waals surface area contributed by atoms with Crippen LogP contribution in [0.1, 0.15) is 50.9 Å². The number of carbonyl (C=O) groups excluding carboxylic acids is 1. The van der Waals surface area contributed by atoms with Crippen LogP contribution in [-0.2, 0) is 16.1 Å². The highest BCUT2D eigenvalue weighted by molar-refractivity contribution is 5.69. The molecule has 0 atom stereocenters. The number of hydrogen-bond donors (Lipinski definition) is 1. The second-order valence-electron chi connectivity index (χ2n) is 10.4. The van der Waals surface area contributed by atoms with Crippen molar-refractivity contribution < 1.29 is 19.4 Å². The van der Waals surface area contributed by atoms with Crippen molar-refractivity contribution in [2.75, 3.05) is 44.3 Å². The van der Waals surface area contributed by atoms with Crippen molar-refractivity contribution in [1.29, 1.82) is 0 Å². The topological polar surface area (TPSA) is 105 Å². The summed E-state index contributed by atoms with van der Waals surface area (Å²) in [4.78, 5) is 30.5. The molecule has 5 heterocycles. The van der Waals surface area contributed by atoms with Gasteiger partial charge in [0.05, 0.1) is 29.9 Å². The summed E-state index contributed by atoms with van der Waals surface area (Å²) in [5.74, 6) is 1.16. The van der Waals surface area contributed by atoms with Crippen molar-refractivity contribution in [2.24, 2.45) is 0 Å². The van der Waals surface area contributed by atoms with Gasteiger partial charge in [-0.3, -0.25) is 9.38 Å². The van der Waals surface area contributed by atoms with Gasteiger partial charge in [0.25, 0.3) is 0 Å². The fourth-order valence-corrected chi connectivity index (χ4v) is 4.76. The highest BCUT2D eigenvalue weighted by Crippen LogP contribution is 2.31. The second-order valence-corrected chi connectivity index (χ2v) is 10.4. The van der Waals surface area contributed by atoms with Gasteiger partial charge in [0.1, 0.15) is 11.4 Å². The van der Waals surface area contributed by atoms with Gasteiger partial charge in [-0.1, -0.05) is 0 Å². The van der Waals surface area contributed by atoms with Crippen LogP contribution in [0.15, 0.2) is 30.7 Å². The molecule has 0 saturated carbocycles. The summed E-state index contributed by atoms with van der Waals surface area (Å²) in [6.07, 6.45) is 7.16. The molecule has 2 fully saturated rings. The predicted molar refractivity (Wildman–Crippen MR) is 135 cm³/mol. The highest BCUT2D eigenvalue weighted by atomic mass is 16.6. The van der Waals surface area contributed by atoms with E-state index in [-0.39, 0.29) is 12.7 Å². The number of aliphatic hydroxyl groups is 1. The number of nitrogens with zero attached hydrogens (tertiary/aromatic N) is 6. The molecule has 0 unspecified atom stereocenters. The van der Waals surface area contributed by atoms with E-state index in [1.54, 1.807) is 4.90 Å². The Morgan fingerprint density at radius 2 is 1.86 bits per heavy atom. The van der Waals surface area contributed by atoms with E-state index in [2.05, 4.69) is 9.88 Å². The van der Waals surface area contributed by atoms with Crippen molar-refractivity contribution in [3.05, 3.63) is 42.1 Å². The normalized spacial score (nSPS) is 17.6. The number of imidazole rings is 1. The van der Waals surface area contributed by atoms with Gasteiger partial charge in [-0.05, 0) is 45.7 Å². The molecule has 0 radical (unpaired) electrons. The summed E-state index contributed by atoms with van der Waals surface area (Å²) in [5, 5.41) is 9.72. The molecule has 0 bridgehead atoms. The zero-order valence-corrected chi connectivity index (χ0v) is 21.2. The van der Waals surface area contributed by atoms with Gasteiger partial charge in [0.15, 0.2) is 5.65 Å². The van der Waals surface area contributed by atoms with E-state index in [1.165, 1.54) is 0 Å². The molecule has 192 valence electrons. The Balaban J connectivity index is 1.33. The number of piperazine rings is 1. The molecule has 0 aliphatic carbocycles. The molecular formula is C26H34N6O4. The number of pyridine rings is 1. The molecule has 3 aromatic rings. The zero-order valence-electron chi connectivity index (χ0n) is 21.2. The smallest absolute Gasteiger partial charge is 0.410 e. The third kappa shape index (κ3) is 5.15. The summed E-state index contributed by atoms with van der Waals surface area (Å²) in [7, 11) is 0. The molecule has 36 heavy (non-hydrogen) atoms. The number of aliphatic hydroxyl groups excluding tert-OH is 1. The lowest BCUT2D eigenvalue weighted by Crippen LogP contribution is -2.50. The van der Waals surface area contributed by atoms with Gasteiger partial charge in [0.2, 0.25) is 0 Å². The largest absolute Gasteiger partial charge is 0.444 e. The molecule has 2 aliphatic heterocycles. The Morgan fingerprint density at radius 1 is 1.11 bits per heavy atom. The summed E-state index contributed by atoms with van der Waals surface area (Å²) >= 11 is 0. The number of fused-ring (bicyclic) bond motifs is 1. The first-order chi connectivity index (χ1) is 17.3. The minimum Gasteiger partial charge on any atom is -0.444 e. The standard InChI is InChI=1S/C26H34N6O4/c1-26(2,3)36-25(34)31-10-8-30(9-11-31)22-5-4-19(14-27-22)21-15-28-23(18-6-12-35-13-7-18)24-29-20(17-33)16-32(21)24/h4-5,14-16,18,33H,6-13,17H2,1-3H3. The first-order valence-electron chi connectivity index (χ1n) is 12.6. The van der Waals surface area contributed by atoms with Gasteiger partial charge >= 0.3 is 6.09 Å². The van der Waals surface area contributed by atoms with Crippen molar-refractivity contribution in [1.82, 2.24) is 24.3 Å². The molecule has 0 aromatic carbocycles. The number of aromatic nitrogens is 4. The van der Waals surface area contributed by atoms with Gasteiger partial charge in [0, 0.05) is 63.3 Å². The monoisotopic (exact) mass is 494 g/mol. The molecular weight excluding hydrogens is 460 g/mol. The molecule has 1 N–H and O–H groups in total. The molecule has 3 aromatic heterocycles. The van der Waals surface area contributed by atoms with Crippen molar-refractivity contribution >= 4 is 17.6 Å². The maximum atomic E-state index is 12.3. The Labute approximate surface area is 210 Å². The van der Waals surface area contributed by atoms with Gasteiger partial charge in [-0.25, -0.2) is 14.8 Å². The molecule has 1 amide bonds. The Bertz CT molecular complexity index is 1210.